The van der Waals surface area contributed by atoms with Crippen molar-refractivity contribution in [2.75, 3.05) is 19.7 Å². The van der Waals surface area contributed by atoms with Crippen molar-refractivity contribution in [1.29, 1.82) is 0 Å². The Morgan fingerprint density at radius 1 is 1.17 bits per heavy atom. The van der Waals surface area contributed by atoms with Gasteiger partial charge in [-0.1, -0.05) is 29.8 Å². The third kappa shape index (κ3) is 3.59. The van der Waals surface area contributed by atoms with Gasteiger partial charge >= 0.3 is 0 Å². The molecule has 0 bridgehead atoms. The van der Waals surface area contributed by atoms with Crippen LogP contribution in [0.15, 0.2) is 24.3 Å². The molecule has 0 atom stereocenters. The molecule has 2 heterocycles. The van der Waals surface area contributed by atoms with Gasteiger partial charge in [-0.3, -0.25) is 0 Å². The van der Waals surface area contributed by atoms with Crippen LogP contribution in [0.5, 0.6) is 5.88 Å². The SMILES string of the molecule is Cc1cccc(CCOc2nc(C3CC3)nc3c2CCNCC3)c1. The Labute approximate surface area is 143 Å². The van der Waals surface area contributed by atoms with Crippen molar-refractivity contribution >= 4 is 0 Å². The van der Waals surface area contributed by atoms with Crippen molar-refractivity contribution < 1.29 is 4.74 Å². The molecule has 4 nitrogen and oxygen atoms in total. The van der Waals surface area contributed by atoms with Crippen LogP contribution in [-0.4, -0.2) is 29.7 Å². The zero-order chi connectivity index (χ0) is 16.4. The normalized spacial score (nSPS) is 17.2. The van der Waals surface area contributed by atoms with Gasteiger partial charge in [-0.2, -0.15) is 4.98 Å². The highest BCUT2D eigenvalue weighted by atomic mass is 16.5. The number of hydrogen-bond donors (Lipinski definition) is 1. The van der Waals surface area contributed by atoms with Crippen LogP contribution in [0.4, 0.5) is 0 Å². The van der Waals surface area contributed by atoms with Gasteiger partial charge in [0.05, 0.1) is 12.3 Å². The standard InChI is InChI=1S/C20H25N3O/c1-14-3-2-4-15(13-14)9-12-24-20-17-7-10-21-11-8-18(17)22-19(23-20)16-5-6-16/h2-4,13,16,21H,5-12H2,1H3. The van der Waals surface area contributed by atoms with Gasteiger partial charge in [0.15, 0.2) is 0 Å². The molecule has 4 rings (SSSR count). The molecule has 1 aliphatic carbocycles. The lowest BCUT2D eigenvalue weighted by molar-refractivity contribution is 0.303. The molecule has 2 aliphatic rings. The molecule has 126 valence electrons. The number of fused-ring (bicyclic) bond motifs is 1. The third-order valence-corrected chi connectivity index (χ3v) is 4.82. The van der Waals surface area contributed by atoms with Gasteiger partial charge in [0.25, 0.3) is 0 Å². The fourth-order valence-corrected chi connectivity index (χ4v) is 3.31. The molecule has 0 radical (unpaired) electrons. The summed E-state index contributed by atoms with van der Waals surface area (Å²) in [6.07, 6.45) is 5.29. The maximum Gasteiger partial charge on any atom is 0.220 e. The molecule has 1 aromatic carbocycles. The first kappa shape index (κ1) is 15.6. The van der Waals surface area contributed by atoms with Crippen LogP contribution < -0.4 is 10.1 Å². The summed E-state index contributed by atoms with van der Waals surface area (Å²) in [5.41, 5.74) is 5.03. The molecule has 4 heteroatoms. The molecule has 1 N–H and O–H groups in total. The second-order valence-corrected chi connectivity index (χ2v) is 6.92. The molecular weight excluding hydrogens is 298 g/mol. The fraction of sp³-hybridized carbons (Fsp3) is 0.500. The first-order chi connectivity index (χ1) is 11.8. The lowest BCUT2D eigenvalue weighted by atomic mass is 10.1. The van der Waals surface area contributed by atoms with Gasteiger partial charge in [-0.15, -0.1) is 0 Å². The van der Waals surface area contributed by atoms with E-state index < -0.39 is 0 Å². The summed E-state index contributed by atoms with van der Waals surface area (Å²) >= 11 is 0. The number of aromatic nitrogens is 2. The van der Waals surface area contributed by atoms with Gasteiger partial charge < -0.3 is 10.1 Å². The highest BCUT2D eigenvalue weighted by molar-refractivity contribution is 5.34. The summed E-state index contributed by atoms with van der Waals surface area (Å²) in [5.74, 6) is 2.39. The first-order valence-electron chi connectivity index (χ1n) is 9.08. The van der Waals surface area contributed by atoms with E-state index in [4.69, 9.17) is 14.7 Å². The van der Waals surface area contributed by atoms with Crippen LogP contribution in [0, 0.1) is 6.92 Å². The fourth-order valence-electron chi connectivity index (χ4n) is 3.31. The number of rotatable bonds is 5. The van der Waals surface area contributed by atoms with Gasteiger partial charge in [-0.05, 0) is 38.3 Å². The predicted molar refractivity (Wildman–Crippen MR) is 94.7 cm³/mol. The van der Waals surface area contributed by atoms with Gasteiger partial charge in [0, 0.05) is 30.9 Å². The number of benzene rings is 1. The van der Waals surface area contributed by atoms with Crippen LogP contribution in [0.1, 0.15) is 47.0 Å². The van der Waals surface area contributed by atoms with E-state index in [2.05, 4.69) is 36.5 Å². The number of hydrogen-bond acceptors (Lipinski definition) is 4. The molecule has 1 fully saturated rings. The Morgan fingerprint density at radius 2 is 2.04 bits per heavy atom. The van der Waals surface area contributed by atoms with E-state index in [1.807, 2.05) is 0 Å². The van der Waals surface area contributed by atoms with Crippen LogP contribution in [-0.2, 0) is 19.3 Å². The molecule has 0 spiro atoms. The van der Waals surface area contributed by atoms with E-state index in [1.54, 1.807) is 0 Å². The molecule has 0 unspecified atom stereocenters. The molecule has 0 amide bonds. The van der Waals surface area contributed by atoms with E-state index >= 15 is 0 Å². The number of aryl methyl sites for hydroxylation is 1. The smallest absolute Gasteiger partial charge is 0.220 e. The molecule has 24 heavy (non-hydrogen) atoms. The minimum atomic E-state index is 0.561. The van der Waals surface area contributed by atoms with E-state index in [9.17, 15) is 0 Å². The van der Waals surface area contributed by atoms with Crippen molar-refractivity contribution in [1.82, 2.24) is 15.3 Å². The van der Waals surface area contributed by atoms with E-state index in [0.717, 1.165) is 44.1 Å². The van der Waals surface area contributed by atoms with E-state index in [1.165, 1.54) is 35.2 Å². The van der Waals surface area contributed by atoms with Crippen LogP contribution in [0.25, 0.3) is 0 Å². The Balaban J connectivity index is 1.51. The van der Waals surface area contributed by atoms with E-state index in [0.29, 0.717) is 12.5 Å². The Hall–Kier alpha value is -1.94. The monoisotopic (exact) mass is 323 g/mol. The highest BCUT2D eigenvalue weighted by Gasteiger charge is 2.29. The zero-order valence-electron chi connectivity index (χ0n) is 14.3. The Morgan fingerprint density at radius 3 is 2.88 bits per heavy atom. The number of nitrogens with one attached hydrogen (secondary N) is 1. The zero-order valence-corrected chi connectivity index (χ0v) is 14.3. The van der Waals surface area contributed by atoms with E-state index in [-0.39, 0.29) is 0 Å². The predicted octanol–water partition coefficient (Wildman–Crippen LogP) is 2.97. The second kappa shape index (κ2) is 6.89. The van der Waals surface area contributed by atoms with Crippen molar-refractivity contribution in [3.63, 3.8) is 0 Å². The van der Waals surface area contributed by atoms with Gasteiger partial charge in [0.1, 0.15) is 5.82 Å². The summed E-state index contributed by atoms with van der Waals surface area (Å²) in [6, 6.07) is 8.63. The molecule has 1 saturated carbocycles. The quantitative estimate of drug-likeness (QED) is 0.919. The van der Waals surface area contributed by atoms with Crippen LogP contribution in [0.3, 0.4) is 0 Å². The number of nitrogens with zero attached hydrogens (tertiary/aromatic N) is 2. The summed E-state index contributed by atoms with van der Waals surface area (Å²) in [5, 5.41) is 3.45. The molecular formula is C20H25N3O. The van der Waals surface area contributed by atoms with Crippen LogP contribution >= 0.6 is 0 Å². The average Bonchev–Trinajstić information content (AvgIpc) is 3.41. The second-order valence-electron chi connectivity index (χ2n) is 6.92. The minimum Gasteiger partial charge on any atom is -0.477 e. The molecule has 1 aliphatic heterocycles. The average molecular weight is 323 g/mol. The molecule has 2 aromatic rings. The highest BCUT2D eigenvalue weighted by Crippen LogP contribution is 2.39. The van der Waals surface area contributed by atoms with Gasteiger partial charge in [0.2, 0.25) is 5.88 Å². The summed E-state index contributed by atoms with van der Waals surface area (Å²) in [4.78, 5) is 9.62. The van der Waals surface area contributed by atoms with Crippen molar-refractivity contribution in [3.05, 3.63) is 52.5 Å². The summed E-state index contributed by atoms with van der Waals surface area (Å²) < 4.78 is 6.14. The topological polar surface area (TPSA) is 47.0 Å². The Bertz CT molecular complexity index is 725. The van der Waals surface area contributed by atoms with Gasteiger partial charge in [-0.25, -0.2) is 4.98 Å². The summed E-state index contributed by atoms with van der Waals surface area (Å²) in [7, 11) is 0. The van der Waals surface area contributed by atoms with Crippen molar-refractivity contribution in [2.24, 2.45) is 0 Å². The largest absolute Gasteiger partial charge is 0.477 e. The first-order valence-corrected chi connectivity index (χ1v) is 9.08. The Kier molecular flexibility index (Phi) is 4.48. The van der Waals surface area contributed by atoms with Crippen molar-refractivity contribution in [2.45, 2.75) is 44.9 Å². The summed E-state index contributed by atoms with van der Waals surface area (Å²) in [6.45, 7) is 4.78. The maximum absolute atomic E-state index is 6.14. The minimum absolute atomic E-state index is 0.561. The van der Waals surface area contributed by atoms with Crippen LogP contribution in [0.2, 0.25) is 0 Å². The third-order valence-electron chi connectivity index (χ3n) is 4.82. The maximum atomic E-state index is 6.14. The van der Waals surface area contributed by atoms with Crippen molar-refractivity contribution in [3.8, 4) is 5.88 Å². The lowest BCUT2D eigenvalue weighted by Crippen LogP contribution is -2.16. The molecule has 1 aromatic heterocycles. The number of ether oxygens (including phenoxy) is 1. The lowest BCUT2D eigenvalue weighted by Gasteiger charge is -2.14. The molecule has 0 saturated heterocycles.